The van der Waals surface area contributed by atoms with Crippen LogP contribution in [0.5, 0.6) is 5.75 Å². The van der Waals surface area contributed by atoms with Crippen molar-refractivity contribution in [1.29, 1.82) is 0 Å². The Kier molecular flexibility index (Phi) is 4.76. The minimum Gasteiger partial charge on any atom is -0.497 e. The molecular weight excluding hydrogens is 224 g/mol. The lowest BCUT2D eigenvalue weighted by atomic mass is 9.94. The number of hydrogen-bond acceptors (Lipinski definition) is 3. The molecule has 0 aliphatic heterocycles. The van der Waals surface area contributed by atoms with Crippen LogP contribution in [0.3, 0.4) is 0 Å². The zero-order valence-electron chi connectivity index (χ0n) is 11.3. The second kappa shape index (κ2) is 6.55. The van der Waals surface area contributed by atoms with Crippen molar-refractivity contribution < 1.29 is 4.74 Å². The molecule has 1 N–H and O–H groups in total. The van der Waals surface area contributed by atoms with Gasteiger partial charge in [-0.15, -0.1) is 0 Å². The molecule has 1 aliphatic rings. The van der Waals surface area contributed by atoms with Crippen LogP contribution in [0.25, 0.3) is 0 Å². The average molecular weight is 246 g/mol. The number of hydrogen-bond donors (Lipinski definition) is 1. The Morgan fingerprint density at radius 1 is 1.39 bits per heavy atom. The van der Waals surface area contributed by atoms with Gasteiger partial charge in [-0.05, 0) is 38.6 Å². The predicted molar refractivity (Wildman–Crippen MR) is 73.7 cm³/mol. The lowest BCUT2D eigenvalue weighted by Gasteiger charge is -2.18. The van der Waals surface area contributed by atoms with Crippen molar-refractivity contribution in [2.24, 2.45) is 5.92 Å². The summed E-state index contributed by atoms with van der Waals surface area (Å²) in [6, 6.07) is 3.95. The summed E-state index contributed by atoms with van der Waals surface area (Å²) in [5, 5.41) is 3.50. The number of allylic oxidation sites excluding steroid dienone is 2. The van der Waals surface area contributed by atoms with Gasteiger partial charge in [0.25, 0.3) is 0 Å². The van der Waals surface area contributed by atoms with Gasteiger partial charge >= 0.3 is 0 Å². The molecule has 3 nitrogen and oxygen atoms in total. The Morgan fingerprint density at radius 3 is 3.00 bits per heavy atom. The molecule has 1 aliphatic carbocycles. The lowest BCUT2D eigenvalue weighted by molar-refractivity contribution is 0.411. The zero-order valence-corrected chi connectivity index (χ0v) is 11.3. The summed E-state index contributed by atoms with van der Waals surface area (Å²) in [6.07, 6.45) is 8.31. The first-order chi connectivity index (χ1) is 8.78. The van der Waals surface area contributed by atoms with Crippen LogP contribution in [0.2, 0.25) is 0 Å². The van der Waals surface area contributed by atoms with E-state index in [2.05, 4.69) is 22.5 Å². The van der Waals surface area contributed by atoms with E-state index in [4.69, 9.17) is 4.74 Å². The summed E-state index contributed by atoms with van der Waals surface area (Å²) in [7, 11) is 1.69. The monoisotopic (exact) mass is 246 g/mol. The van der Waals surface area contributed by atoms with E-state index in [0.29, 0.717) is 0 Å². The van der Waals surface area contributed by atoms with Gasteiger partial charge in [0.05, 0.1) is 12.8 Å². The van der Waals surface area contributed by atoms with Crippen LogP contribution in [0.4, 0.5) is 0 Å². The summed E-state index contributed by atoms with van der Waals surface area (Å²) in [5.74, 6) is 1.67. The third-order valence-corrected chi connectivity index (χ3v) is 3.33. The number of pyridine rings is 1. The standard InChI is InChI=1S/C15H22N2O/c1-12-8-15(18-2)9-14(17-12)11-16-10-13-6-4-3-5-7-13/h3-4,8-9,13,16H,5-7,10-11H2,1-2H3. The molecule has 0 spiro atoms. The van der Waals surface area contributed by atoms with Gasteiger partial charge in [-0.3, -0.25) is 4.98 Å². The van der Waals surface area contributed by atoms with Crippen molar-refractivity contribution in [3.63, 3.8) is 0 Å². The van der Waals surface area contributed by atoms with Crippen molar-refractivity contribution in [2.45, 2.75) is 32.7 Å². The average Bonchev–Trinajstić information content (AvgIpc) is 2.39. The molecular formula is C15H22N2O. The van der Waals surface area contributed by atoms with E-state index in [1.165, 1.54) is 19.3 Å². The number of nitrogens with zero attached hydrogens (tertiary/aromatic N) is 1. The first-order valence-corrected chi connectivity index (χ1v) is 6.65. The minimum absolute atomic E-state index is 0.779. The number of methoxy groups -OCH3 is 1. The molecule has 0 fully saturated rings. The third kappa shape index (κ3) is 3.84. The topological polar surface area (TPSA) is 34.1 Å². The molecule has 0 aromatic carbocycles. The Balaban J connectivity index is 1.82. The predicted octanol–water partition coefficient (Wildman–Crippen LogP) is 2.84. The van der Waals surface area contributed by atoms with Crippen LogP contribution >= 0.6 is 0 Å². The molecule has 3 heteroatoms. The van der Waals surface area contributed by atoms with Crippen LogP contribution in [0, 0.1) is 12.8 Å². The maximum Gasteiger partial charge on any atom is 0.122 e. The Labute approximate surface area is 109 Å². The molecule has 1 aromatic rings. The highest BCUT2D eigenvalue weighted by atomic mass is 16.5. The van der Waals surface area contributed by atoms with Crippen LogP contribution in [-0.4, -0.2) is 18.6 Å². The van der Waals surface area contributed by atoms with Gasteiger partial charge in [0.2, 0.25) is 0 Å². The van der Waals surface area contributed by atoms with E-state index in [-0.39, 0.29) is 0 Å². The highest BCUT2D eigenvalue weighted by molar-refractivity contribution is 5.26. The highest BCUT2D eigenvalue weighted by Crippen LogP contribution is 2.17. The fraction of sp³-hybridized carbons (Fsp3) is 0.533. The summed E-state index contributed by atoms with van der Waals surface area (Å²) in [4.78, 5) is 4.51. The number of nitrogens with one attached hydrogen (secondary N) is 1. The second-order valence-corrected chi connectivity index (χ2v) is 4.92. The largest absolute Gasteiger partial charge is 0.497 e. The highest BCUT2D eigenvalue weighted by Gasteiger charge is 2.09. The molecule has 0 saturated carbocycles. The van der Waals surface area contributed by atoms with Crippen molar-refractivity contribution in [3.05, 3.63) is 35.7 Å². The molecule has 0 bridgehead atoms. The first-order valence-electron chi connectivity index (χ1n) is 6.65. The van der Waals surface area contributed by atoms with Gasteiger partial charge in [-0.25, -0.2) is 0 Å². The van der Waals surface area contributed by atoms with Crippen LogP contribution in [-0.2, 0) is 6.54 Å². The number of ether oxygens (including phenoxy) is 1. The van der Waals surface area contributed by atoms with Gasteiger partial charge in [-0.2, -0.15) is 0 Å². The van der Waals surface area contributed by atoms with Gasteiger partial charge in [-0.1, -0.05) is 12.2 Å². The van der Waals surface area contributed by atoms with Gasteiger partial charge in [0.15, 0.2) is 0 Å². The molecule has 1 unspecified atom stereocenters. The molecule has 0 radical (unpaired) electrons. The van der Waals surface area contributed by atoms with E-state index >= 15 is 0 Å². The van der Waals surface area contributed by atoms with Gasteiger partial charge in [0, 0.05) is 24.4 Å². The molecule has 2 rings (SSSR count). The molecule has 1 aromatic heterocycles. The Morgan fingerprint density at radius 2 is 2.28 bits per heavy atom. The number of aromatic nitrogens is 1. The number of rotatable bonds is 5. The van der Waals surface area contributed by atoms with E-state index in [9.17, 15) is 0 Å². The Bertz CT molecular complexity index is 415. The van der Waals surface area contributed by atoms with Crippen molar-refractivity contribution in [3.8, 4) is 5.75 Å². The molecule has 98 valence electrons. The summed E-state index contributed by atoms with van der Waals surface area (Å²) in [6.45, 7) is 3.89. The summed E-state index contributed by atoms with van der Waals surface area (Å²) < 4.78 is 5.26. The maximum atomic E-state index is 5.26. The molecule has 1 atom stereocenters. The molecule has 1 heterocycles. The quantitative estimate of drug-likeness (QED) is 0.811. The zero-order chi connectivity index (χ0) is 12.8. The first kappa shape index (κ1) is 13.1. The van der Waals surface area contributed by atoms with Crippen molar-refractivity contribution in [2.75, 3.05) is 13.7 Å². The van der Waals surface area contributed by atoms with Crippen LogP contribution < -0.4 is 10.1 Å². The fourth-order valence-corrected chi connectivity index (χ4v) is 2.36. The van der Waals surface area contributed by atoms with Crippen molar-refractivity contribution in [1.82, 2.24) is 10.3 Å². The van der Waals surface area contributed by atoms with Gasteiger partial charge in [0.1, 0.15) is 5.75 Å². The second-order valence-electron chi connectivity index (χ2n) is 4.92. The normalized spacial score (nSPS) is 18.9. The number of aryl methyl sites for hydroxylation is 1. The van der Waals surface area contributed by atoms with Crippen molar-refractivity contribution >= 4 is 0 Å². The maximum absolute atomic E-state index is 5.26. The van der Waals surface area contributed by atoms with Crippen LogP contribution in [0.15, 0.2) is 24.3 Å². The SMILES string of the molecule is COc1cc(C)nc(CNCC2CC=CCC2)c1. The van der Waals surface area contributed by atoms with Gasteiger partial charge < -0.3 is 10.1 Å². The summed E-state index contributed by atoms with van der Waals surface area (Å²) in [5.41, 5.74) is 2.06. The lowest BCUT2D eigenvalue weighted by Crippen LogP contribution is -2.23. The van der Waals surface area contributed by atoms with E-state index in [1.54, 1.807) is 7.11 Å². The molecule has 0 saturated heterocycles. The Hall–Kier alpha value is -1.35. The summed E-state index contributed by atoms with van der Waals surface area (Å²) >= 11 is 0. The van der Waals surface area contributed by atoms with E-state index in [1.807, 2.05) is 19.1 Å². The van der Waals surface area contributed by atoms with Crippen LogP contribution in [0.1, 0.15) is 30.7 Å². The minimum atomic E-state index is 0.779. The molecule has 0 amide bonds. The third-order valence-electron chi connectivity index (χ3n) is 3.33. The fourth-order valence-electron chi connectivity index (χ4n) is 2.36. The smallest absolute Gasteiger partial charge is 0.122 e. The molecule has 18 heavy (non-hydrogen) atoms. The van der Waals surface area contributed by atoms with E-state index < -0.39 is 0 Å². The van der Waals surface area contributed by atoms with E-state index in [0.717, 1.165) is 36.1 Å².